The lowest BCUT2D eigenvalue weighted by Crippen LogP contribution is -2.39. The third kappa shape index (κ3) is 5.05. The first kappa shape index (κ1) is 22.9. The van der Waals surface area contributed by atoms with E-state index in [1.807, 2.05) is 0 Å². The van der Waals surface area contributed by atoms with Crippen LogP contribution in [0.4, 0.5) is 5.69 Å². The summed E-state index contributed by atoms with van der Waals surface area (Å²) in [5.41, 5.74) is 3.06. The van der Waals surface area contributed by atoms with E-state index in [0.29, 0.717) is 17.1 Å². The Morgan fingerprint density at radius 2 is 1.79 bits per heavy atom. The molecule has 0 aliphatic carbocycles. The van der Waals surface area contributed by atoms with E-state index in [2.05, 4.69) is 10.5 Å². The monoisotopic (exact) mass is 505 g/mol. The van der Waals surface area contributed by atoms with Gasteiger partial charge in [-0.1, -0.05) is 47.5 Å². The molecule has 0 bridgehead atoms. The van der Waals surface area contributed by atoms with Crippen LogP contribution in [0.3, 0.4) is 0 Å². The van der Waals surface area contributed by atoms with Gasteiger partial charge in [-0.2, -0.15) is 5.10 Å². The van der Waals surface area contributed by atoms with Crippen LogP contribution in [0, 0.1) is 0 Å². The smallest absolute Gasteiger partial charge is 0.264 e. The number of benzene rings is 3. The Balaban J connectivity index is 1.56. The van der Waals surface area contributed by atoms with Crippen molar-refractivity contribution in [3.05, 3.63) is 82.3 Å². The highest BCUT2D eigenvalue weighted by atomic mass is 35.5. The predicted molar refractivity (Wildman–Crippen MR) is 126 cm³/mol. The maximum Gasteiger partial charge on any atom is 0.264 e. The van der Waals surface area contributed by atoms with E-state index in [4.69, 9.17) is 32.7 Å². The fourth-order valence-corrected chi connectivity index (χ4v) is 4.94. The van der Waals surface area contributed by atoms with E-state index >= 15 is 0 Å². The fourth-order valence-electron chi connectivity index (χ4n) is 3.04. The van der Waals surface area contributed by atoms with Gasteiger partial charge >= 0.3 is 0 Å². The average Bonchev–Trinajstić information content (AvgIpc) is 3.28. The lowest BCUT2D eigenvalue weighted by atomic mass is 10.2. The first-order chi connectivity index (χ1) is 15.9. The second-order valence-corrected chi connectivity index (χ2v) is 9.45. The molecule has 0 fully saturated rings. The molecule has 170 valence electrons. The molecule has 0 radical (unpaired) electrons. The number of rotatable bonds is 7. The summed E-state index contributed by atoms with van der Waals surface area (Å²) in [5.74, 6) is 0.514. The number of sulfonamides is 1. The first-order valence-electron chi connectivity index (χ1n) is 9.59. The zero-order chi connectivity index (χ0) is 23.4. The Labute approximate surface area is 200 Å². The second kappa shape index (κ2) is 9.70. The van der Waals surface area contributed by atoms with Crippen molar-refractivity contribution in [3.63, 3.8) is 0 Å². The standard InChI is InChI=1S/C22H17Cl2N3O5S/c23-17-7-4-8-18(22(17)24)27(33(29,30)16-5-2-1-3-6-16)13-21(28)26-25-12-15-9-10-19-20(11-15)32-14-31-19/h1-12H,13-14H2,(H,26,28)/b25-12-. The number of carbonyl (C=O) groups excluding carboxylic acids is 1. The van der Waals surface area contributed by atoms with Gasteiger partial charge in [-0.05, 0) is 48.0 Å². The van der Waals surface area contributed by atoms with Crippen LogP contribution in [-0.2, 0) is 14.8 Å². The minimum Gasteiger partial charge on any atom is -0.454 e. The van der Waals surface area contributed by atoms with Crippen molar-refractivity contribution >= 4 is 51.0 Å². The molecule has 1 N–H and O–H groups in total. The van der Waals surface area contributed by atoms with Crippen LogP contribution in [0.2, 0.25) is 10.0 Å². The number of nitrogens with one attached hydrogen (secondary N) is 1. The maximum atomic E-state index is 13.3. The highest BCUT2D eigenvalue weighted by Gasteiger charge is 2.29. The van der Waals surface area contributed by atoms with Crippen molar-refractivity contribution in [2.45, 2.75) is 4.90 Å². The Morgan fingerprint density at radius 3 is 2.58 bits per heavy atom. The van der Waals surface area contributed by atoms with Crippen LogP contribution in [0.15, 0.2) is 76.7 Å². The van der Waals surface area contributed by atoms with Crippen LogP contribution < -0.4 is 19.2 Å². The average molecular weight is 506 g/mol. The summed E-state index contributed by atoms with van der Waals surface area (Å²) in [6.07, 6.45) is 1.41. The number of ether oxygens (including phenoxy) is 2. The molecule has 0 aromatic heterocycles. The molecule has 11 heteroatoms. The van der Waals surface area contributed by atoms with Crippen molar-refractivity contribution in [2.75, 3.05) is 17.6 Å². The SMILES string of the molecule is O=C(CN(c1cccc(Cl)c1Cl)S(=O)(=O)c1ccccc1)N/N=C\c1ccc2c(c1)OCO2. The number of halogens is 2. The van der Waals surface area contributed by atoms with Gasteiger partial charge in [0.05, 0.1) is 26.8 Å². The first-order valence-corrected chi connectivity index (χ1v) is 11.8. The number of nitrogens with zero attached hydrogens (tertiary/aromatic N) is 2. The third-order valence-electron chi connectivity index (χ3n) is 4.62. The van der Waals surface area contributed by atoms with Gasteiger partial charge in [-0.25, -0.2) is 13.8 Å². The number of hydrogen-bond acceptors (Lipinski definition) is 6. The molecule has 0 saturated heterocycles. The molecule has 4 rings (SSSR count). The zero-order valence-electron chi connectivity index (χ0n) is 16.9. The molecular formula is C22H17Cl2N3O5S. The highest BCUT2D eigenvalue weighted by Crippen LogP contribution is 2.35. The Hall–Kier alpha value is -3.27. The van der Waals surface area contributed by atoms with Crippen molar-refractivity contribution in [1.29, 1.82) is 0 Å². The van der Waals surface area contributed by atoms with Crippen LogP contribution in [0.25, 0.3) is 0 Å². The maximum absolute atomic E-state index is 13.3. The number of hydrogen-bond donors (Lipinski definition) is 1. The van der Waals surface area contributed by atoms with E-state index < -0.39 is 22.5 Å². The van der Waals surface area contributed by atoms with E-state index in [9.17, 15) is 13.2 Å². The van der Waals surface area contributed by atoms with Gasteiger partial charge in [-0.15, -0.1) is 0 Å². The number of carbonyl (C=O) groups is 1. The molecular weight excluding hydrogens is 489 g/mol. The van der Waals surface area contributed by atoms with Crippen molar-refractivity contribution in [2.24, 2.45) is 5.10 Å². The van der Waals surface area contributed by atoms with Gasteiger partial charge in [0.25, 0.3) is 15.9 Å². The third-order valence-corrected chi connectivity index (χ3v) is 7.20. The Kier molecular flexibility index (Phi) is 6.73. The Morgan fingerprint density at radius 1 is 1.03 bits per heavy atom. The number of anilines is 1. The molecule has 3 aromatic carbocycles. The number of amides is 1. The summed E-state index contributed by atoms with van der Waals surface area (Å²) in [5, 5.41) is 4.07. The molecule has 0 saturated carbocycles. The minimum atomic E-state index is -4.13. The molecule has 0 atom stereocenters. The molecule has 1 aliphatic rings. The highest BCUT2D eigenvalue weighted by molar-refractivity contribution is 7.92. The van der Waals surface area contributed by atoms with E-state index in [-0.39, 0.29) is 27.4 Å². The second-order valence-electron chi connectivity index (χ2n) is 6.80. The summed E-state index contributed by atoms with van der Waals surface area (Å²) >= 11 is 12.4. The molecule has 0 unspecified atom stereocenters. The number of hydrazone groups is 1. The fraction of sp³-hybridized carbons (Fsp3) is 0.0909. The quantitative estimate of drug-likeness (QED) is 0.385. The van der Waals surface area contributed by atoms with Gasteiger partial charge in [0, 0.05) is 0 Å². The molecule has 33 heavy (non-hydrogen) atoms. The summed E-state index contributed by atoms with van der Waals surface area (Å²) in [6, 6.07) is 17.4. The topological polar surface area (TPSA) is 97.3 Å². The van der Waals surface area contributed by atoms with Gasteiger partial charge in [0.1, 0.15) is 6.54 Å². The largest absolute Gasteiger partial charge is 0.454 e. The summed E-state index contributed by atoms with van der Waals surface area (Å²) < 4.78 is 38.1. The van der Waals surface area contributed by atoms with Crippen LogP contribution >= 0.6 is 23.2 Å². The zero-order valence-corrected chi connectivity index (χ0v) is 19.3. The van der Waals surface area contributed by atoms with Crippen LogP contribution in [0.1, 0.15) is 5.56 Å². The Bertz CT molecular complexity index is 1320. The molecule has 3 aromatic rings. The van der Waals surface area contributed by atoms with E-state index in [1.54, 1.807) is 42.5 Å². The molecule has 1 aliphatic heterocycles. The summed E-state index contributed by atoms with van der Waals surface area (Å²) in [6.45, 7) is -0.430. The van der Waals surface area contributed by atoms with Gasteiger partial charge in [-0.3, -0.25) is 9.10 Å². The molecule has 1 heterocycles. The predicted octanol–water partition coefficient (Wildman–Crippen LogP) is 4.07. The summed E-state index contributed by atoms with van der Waals surface area (Å²) in [4.78, 5) is 12.6. The van der Waals surface area contributed by atoms with Crippen molar-refractivity contribution < 1.29 is 22.7 Å². The molecule has 0 spiro atoms. The number of fused-ring (bicyclic) bond motifs is 1. The van der Waals surface area contributed by atoms with Gasteiger partial charge in [0.2, 0.25) is 6.79 Å². The van der Waals surface area contributed by atoms with E-state index in [1.165, 1.54) is 30.5 Å². The molecule has 1 amide bonds. The van der Waals surface area contributed by atoms with E-state index in [0.717, 1.165) is 4.31 Å². The van der Waals surface area contributed by atoms with Crippen LogP contribution in [0.5, 0.6) is 11.5 Å². The van der Waals surface area contributed by atoms with Crippen molar-refractivity contribution in [1.82, 2.24) is 5.43 Å². The summed E-state index contributed by atoms with van der Waals surface area (Å²) in [7, 11) is -4.13. The van der Waals surface area contributed by atoms with Gasteiger partial charge < -0.3 is 9.47 Å². The lowest BCUT2D eigenvalue weighted by Gasteiger charge is -2.24. The minimum absolute atomic E-state index is 0.00213. The van der Waals surface area contributed by atoms with Crippen molar-refractivity contribution in [3.8, 4) is 11.5 Å². The molecule has 8 nitrogen and oxygen atoms in total. The van der Waals surface area contributed by atoms with Gasteiger partial charge in [0.15, 0.2) is 11.5 Å². The normalized spacial score (nSPS) is 12.7. The van der Waals surface area contributed by atoms with Crippen LogP contribution in [-0.4, -0.2) is 33.9 Å². The lowest BCUT2D eigenvalue weighted by molar-refractivity contribution is -0.119.